The van der Waals surface area contributed by atoms with E-state index in [4.69, 9.17) is 18.5 Å². The fraction of sp³-hybridized carbons (Fsp3) is 0.750. The van der Waals surface area contributed by atoms with E-state index in [2.05, 4.69) is 86.8 Å². The summed E-state index contributed by atoms with van der Waals surface area (Å²) in [6, 6.07) is 0. The molecule has 0 aromatic carbocycles. The number of nitrogens with zero attached hydrogens (tertiary/aromatic N) is 1. The molecule has 1 unspecified atom stereocenters. The molecule has 0 fully saturated rings. The van der Waals surface area contributed by atoms with Crippen LogP contribution in [0, 0.1) is 0 Å². The van der Waals surface area contributed by atoms with Gasteiger partial charge in [0.1, 0.15) is 19.8 Å². The van der Waals surface area contributed by atoms with E-state index in [0.717, 1.165) is 64.2 Å². The lowest BCUT2D eigenvalue weighted by molar-refractivity contribution is -0.870. The van der Waals surface area contributed by atoms with Crippen LogP contribution in [-0.2, 0) is 32.7 Å². The Kier molecular flexibility index (Phi) is 45.7. The highest BCUT2D eigenvalue weighted by atomic mass is 31.2. The van der Waals surface area contributed by atoms with Gasteiger partial charge in [0.25, 0.3) is 7.82 Å². The predicted molar refractivity (Wildman–Crippen MR) is 277 cm³/mol. The molecule has 0 aromatic rings. The second-order valence-corrected chi connectivity index (χ2v) is 20.3. The van der Waals surface area contributed by atoms with Gasteiger partial charge in [-0.05, 0) is 89.9 Å². The van der Waals surface area contributed by atoms with E-state index in [1.807, 2.05) is 21.1 Å². The Balaban J connectivity index is 4.34. The maximum Gasteiger partial charge on any atom is 0.306 e. The maximum absolute atomic E-state index is 12.7. The highest BCUT2D eigenvalue weighted by Gasteiger charge is 2.21. The topological polar surface area (TPSA) is 111 Å². The van der Waals surface area contributed by atoms with Gasteiger partial charge in [-0.3, -0.25) is 14.2 Å². The van der Waals surface area contributed by atoms with Gasteiger partial charge in [0.15, 0.2) is 6.10 Å². The van der Waals surface area contributed by atoms with Crippen molar-refractivity contribution in [3.8, 4) is 0 Å². The van der Waals surface area contributed by atoms with E-state index in [1.54, 1.807) is 0 Å². The summed E-state index contributed by atoms with van der Waals surface area (Å²) in [7, 11) is 1.12. The van der Waals surface area contributed by atoms with Crippen molar-refractivity contribution in [1.29, 1.82) is 0 Å². The molecule has 9 nitrogen and oxygen atoms in total. The molecule has 0 aliphatic rings. The molecule has 0 aliphatic carbocycles. The molecule has 2 atom stereocenters. The van der Waals surface area contributed by atoms with Gasteiger partial charge in [0.2, 0.25) is 0 Å². The zero-order chi connectivity index (χ0) is 48.5. The largest absolute Gasteiger partial charge is 0.756 e. The molecule has 66 heavy (non-hydrogen) atoms. The standard InChI is InChI=1S/C56H100NO8P/c1-6-8-10-12-14-16-18-20-22-24-26-27-28-29-31-32-34-36-38-40-42-44-46-48-55(58)62-52-54(53-64-66(60,61)63-51-50-57(3,4)5)65-56(59)49-47-45-43-41-39-37-35-33-30-25-23-21-19-17-15-13-11-9-7-2/h15,17,21,23,30,32-34,37,39-40,42,54H,6-14,16,18-20,22,24-29,31,35-36,38,41,43-53H2,1-5H3/b17-15+,23-21+,33-30+,34-32+,39-37+,42-40+/t54-/m1/s1. The first-order valence-electron chi connectivity index (χ1n) is 26.6. The van der Waals surface area contributed by atoms with Crippen LogP contribution in [-0.4, -0.2) is 70.0 Å². The van der Waals surface area contributed by atoms with Gasteiger partial charge >= 0.3 is 11.9 Å². The monoisotopic (exact) mass is 946 g/mol. The Bertz CT molecular complexity index is 1350. The summed E-state index contributed by atoms with van der Waals surface area (Å²) in [6.07, 6.45) is 61.0. The van der Waals surface area contributed by atoms with Gasteiger partial charge in [-0.15, -0.1) is 0 Å². The molecule has 0 aliphatic heterocycles. The van der Waals surface area contributed by atoms with Crippen LogP contribution in [0.25, 0.3) is 0 Å². The van der Waals surface area contributed by atoms with Gasteiger partial charge in [-0.2, -0.15) is 0 Å². The van der Waals surface area contributed by atoms with E-state index in [-0.39, 0.29) is 26.1 Å². The molecular weight excluding hydrogens is 846 g/mol. The highest BCUT2D eigenvalue weighted by molar-refractivity contribution is 7.45. The molecule has 0 saturated carbocycles. The van der Waals surface area contributed by atoms with Crippen LogP contribution in [0.3, 0.4) is 0 Å². The summed E-state index contributed by atoms with van der Waals surface area (Å²) in [4.78, 5) is 37.7. The minimum Gasteiger partial charge on any atom is -0.756 e. The lowest BCUT2D eigenvalue weighted by atomic mass is 10.0. The van der Waals surface area contributed by atoms with E-state index in [1.165, 1.54) is 116 Å². The summed E-state index contributed by atoms with van der Waals surface area (Å²) >= 11 is 0. The molecule has 0 bridgehead atoms. The summed E-state index contributed by atoms with van der Waals surface area (Å²) in [6.45, 7) is 4.13. The van der Waals surface area contributed by atoms with Crippen LogP contribution in [0.15, 0.2) is 72.9 Å². The molecule has 382 valence electrons. The SMILES string of the molecule is CCCCC/C=C/C/C=C/C/C=C/C/C=C/CCCCCC(=O)O[C@H](COC(=O)CCC/C=C/CC/C=C/CCCCCCCCCCCCCCCC)COP(=O)([O-])OCC[N+](C)(C)C. The molecule has 0 aromatic heterocycles. The van der Waals surface area contributed by atoms with Crippen molar-refractivity contribution in [3.05, 3.63) is 72.9 Å². The normalized spacial score (nSPS) is 14.0. The van der Waals surface area contributed by atoms with Crippen molar-refractivity contribution in [2.75, 3.05) is 47.5 Å². The second-order valence-electron chi connectivity index (χ2n) is 18.9. The van der Waals surface area contributed by atoms with Crippen molar-refractivity contribution in [2.45, 2.75) is 225 Å². The number of phosphoric ester groups is 1. The number of quaternary nitrogens is 1. The first-order chi connectivity index (χ1) is 32.0. The molecular formula is C56H100NO8P. The van der Waals surface area contributed by atoms with Crippen molar-refractivity contribution in [2.24, 2.45) is 0 Å². The fourth-order valence-corrected chi connectivity index (χ4v) is 7.74. The zero-order valence-corrected chi connectivity index (χ0v) is 44.0. The summed E-state index contributed by atoms with van der Waals surface area (Å²) in [5.41, 5.74) is 0. The summed E-state index contributed by atoms with van der Waals surface area (Å²) in [5.74, 6) is -0.920. The molecule has 0 N–H and O–H groups in total. The van der Waals surface area contributed by atoms with Gasteiger partial charge < -0.3 is 27.9 Å². The van der Waals surface area contributed by atoms with Crippen molar-refractivity contribution >= 4 is 19.8 Å². The Morgan fingerprint density at radius 2 is 0.848 bits per heavy atom. The van der Waals surface area contributed by atoms with Gasteiger partial charge in [-0.25, -0.2) is 0 Å². The smallest absolute Gasteiger partial charge is 0.306 e. The lowest BCUT2D eigenvalue weighted by Crippen LogP contribution is -2.37. The molecule has 0 heterocycles. The maximum atomic E-state index is 12.7. The number of rotatable bonds is 48. The minimum absolute atomic E-state index is 0.0461. The fourth-order valence-electron chi connectivity index (χ4n) is 7.01. The average molecular weight is 946 g/mol. The lowest BCUT2D eigenvalue weighted by Gasteiger charge is -2.28. The van der Waals surface area contributed by atoms with Crippen LogP contribution >= 0.6 is 7.82 Å². The quantitative estimate of drug-likeness (QED) is 0.0195. The molecule has 0 rings (SSSR count). The number of hydrogen-bond acceptors (Lipinski definition) is 8. The Labute approximate surface area is 406 Å². The predicted octanol–water partition coefficient (Wildman–Crippen LogP) is 15.5. The summed E-state index contributed by atoms with van der Waals surface area (Å²) in [5, 5.41) is 0. The Morgan fingerprint density at radius 1 is 0.470 bits per heavy atom. The highest BCUT2D eigenvalue weighted by Crippen LogP contribution is 2.38. The van der Waals surface area contributed by atoms with Crippen LogP contribution in [0.5, 0.6) is 0 Å². The molecule has 0 radical (unpaired) electrons. The van der Waals surface area contributed by atoms with Crippen LogP contribution < -0.4 is 4.89 Å². The number of carbonyl (C=O) groups excluding carboxylic acids is 2. The molecule has 10 heteroatoms. The van der Waals surface area contributed by atoms with E-state index >= 15 is 0 Å². The third-order valence-corrected chi connectivity index (χ3v) is 12.1. The number of ether oxygens (including phenoxy) is 2. The van der Waals surface area contributed by atoms with Crippen molar-refractivity contribution in [1.82, 2.24) is 0 Å². The number of phosphoric acid groups is 1. The van der Waals surface area contributed by atoms with Crippen LogP contribution in [0.2, 0.25) is 0 Å². The number of likely N-dealkylation sites (N-methyl/N-ethyl adjacent to an activating group) is 1. The van der Waals surface area contributed by atoms with Crippen LogP contribution in [0.4, 0.5) is 0 Å². The van der Waals surface area contributed by atoms with E-state index in [9.17, 15) is 19.0 Å². The number of carbonyl (C=O) groups is 2. The second kappa shape index (κ2) is 47.5. The molecule has 0 spiro atoms. The van der Waals surface area contributed by atoms with Gasteiger partial charge in [-0.1, -0.05) is 189 Å². The van der Waals surface area contributed by atoms with Crippen LogP contribution in [0.1, 0.15) is 219 Å². The Hall–Kier alpha value is -2.55. The first-order valence-corrected chi connectivity index (χ1v) is 28.1. The third kappa shape index (κ3) is 50.9. The minimum atomic E-state index is -4.65. The summed E-state index contributed by atoms with van der Waals surface area (Å²) < 4.78 is 34.0. The zero-order valence-electron chi connectivity index (χ0n) is 43.1. The number of allylic oxidation sites excluding steroid dienone is 12. The molecule has 0 saturated heterocycles. The van der Waals surface area contributed by atoms with Gasteiger partial charge in [0.05, 0.1) is 27.7 Å². The number of unbranched alkanes of at least 4 members (excludes halogenated alkanes) is 22. The molecule has 0 amide bonds. The average Bonchev–Trinajstić information content (AvgIpc) is 3.27. The number of esters is 2. The van der Waals surface area contributed by atoms with Gasteiger partial charge in [0, 0.05) is 12.8 Å². The first kappa shape index (κ1) is 63.5. The Morgan fingerprint density at radius 3 is 1.35 bits per heavy atom. The number of hydrogen-bond donors (Lipinski definition) is 0. The van der Waals surface area contributed by atoms with E-state index in [0.29, 0.717) is 23.9 Å². The van der Waals surface area contributed by atoms with E-state index < -0.39 is 32.5 Å². The van der Waals surface area contributed by atoms with Crippen molar-refractivity contribution in [3.63, 3.8) is 0 Å². The third-order valence-electron chi connectivity index (χ3n) is 11.2. The van der Waals surface area contributed by atoms with Crippen molar-refractivity contribution < 1.29 is 42.1 Å².